The van der Waals surface area contributed by atoms with Crippen LogP contribution in [0.15, 0.2) is 103 Å². The van der Waals surface area contributed by atoms with Gasteiger partial charge in [0.2, 0.25) is 0 Å². The summed E-state index contributed by atoms with van der Waals surface area (Å²) in [5.74, 6) is 1.34. The SMILES string of the molecule is C1=C[C@H]2CC[C@@H]1CC2=P(c1ccccc1)(c1ccccc1)c1ccccc1. The third-order valence-electron chi connectivity index (χ3n) is 6.22. The van der Waals surface area contributed by atoms with Crippen LogP contribution in [0.3, 0.4) is 0 Å². The fourth-order valence-electron chi connectivity index (χ4n) is 5.03. The monoisotopic (exact) mass is 368 g/mol. The minimum atomic E-state index is -1.81. The molecule has 0 heterocycles. The molecular formula is C26H25P. The normalized spacial score (nSPS) is 21.4. The van der Waals surface area contributed by atoms with E-state index < -0.39 is 6.89 Å². The fraction of sp³-hybridized carbons (Fsp3) is 0.192. The summed E-state index contributed by atoms with van der Waals surface area (Å²) in [6, 6.07) is 33.9. The average Bonchev–Trinajstić information content (AvgIpc) is 2.78. The van der Waals surface area contributed by atoms with E-state index in [0.717, 1.165) is 5.92 Å². The second kappa shape index (κ2) is 7.02. The second-order valence-corrected chi connectivity index (χ2v) is 11.2. The Morgan fingerprint density at radius 1 is 0.556 bits per heavy atom. The van der Waals surface area contributed by atoms with Gasteiger partial charge in [-0.3, -0.25) is 0 Å². The second-order valence-electron chi connectivity index (χ2n) is 7.70. The first-order chi connectivity index (χ1) is 13.4. The predicted molar refractivity (Wildman–Crippen MR) is 120 cm³/mol. The molecule has 134 valence electrons. The number of allylic oxidation sites excluding steroid dienone is 2. The quantitative estimate of drug-likeness (QED) is 0.444. The van der Waals surface area contributed by atoms with Crippen molar-refractivity contribution in [1.29, 1.82) is 0 Å². The summed E-state index contributed by atoms with van der Waals surface area (Å²) in [5, 5.41) is 6.28. The number of hydrogen-bond acceptors (Lipinski definition) is 0. The van der Waals surface area contributed by atoms with Crippen LogP contribution in [-0.4, -0.2) is 5.29 Å². The Morgan fingerprint density at radius 3 is 1.37 bits per heavy atom. The molecule has 27 heavy (non-hydrogen) atoms. The van der Waals surface area contributed by atoms with E-state index in [9.17, 15) is 0 Å². The minimum absolute atomic E-state index is 0.615. The van der Waals surface area contributed by atoms with E-state index in [1.807, 2.05) is 0 Å². The summed E-state index contributed by atoms with van der Waals surface area (Å²) in [5.41, 5.74) is 0. The fourth-order valence-corrected chi connectivity index (χ4v) is 10.00. The van der Waals surface area contributed by atoms with E-state index in [2.05, 4.69) is 103 Å². The Morgan fingerprint density at radius 2 is 1.04 bits per heavy atom. The van der Waals surface area contributed by atoms with E-state index in [-0.39, 0.29) is 0 Å². The van der Waals surface area contributed by atoms with Gasteiger partial charge < -0.3 is 0 Å². The molecule has 1 heteroatoms. The predicted octanol–water partition coefficient (Wildman–Crippen LogP) is 5.14. The Hall–Kier alpha value is -2.30. The summed E-state index contributed by atoms with van der Waals surface area (Å²) in [7, 11) is 0. The third-order valence-corrected chi connectivity index (χ3v) is 10.8. The largest absolute Gasteiger partial charge is 0.0845 e. The molecule has 2 bridgehead atoms. The summed E-state index contributed by atoms with van der Waals surface area (Å²) in [4.78, 5) is 0. The van der Waals surface area contributed by atoms with Crippen molar-refractivity contribution in [3.8, 4) is 0 Å². The lowest BCUT2D eigenvalue weighted by Gasteiger charge is -2.42. The maximum Gasteiger partial charge on any atom is -0.000928 e. The van der Waals surface area contributed by atoms with Crippen molar-refractivity contribution in [3.05, 3.63) is 103 Å². The van der Waals surface area contributed by atoms with E-state index in [1.54, 1.807) is 5.29 Å². The lowest BCUT2D eigenvalue weighted by molar-refractivity contribution is 0.479. The number of fused-ring (bicyclic) bond motifs is 2. The highest BCUT2D eigenvalue weighted by Crippen LogP contribution is 2.52. The zero-order valence-corrected chi connectivity index (χ0v) is 16.4. The molecule has 0 N–H and O–H groups in total. The van der Waals surface area contributed by atoms with Crippen molar-refractivity contribution in [1.82, 2.24) is 0 Å². The first-order valence-corrected chi connectivity index (χ1v) is 11.8. The van der Waals surface area contributed by atoms with Crippen molar-refractivity contribution >= 4 is 28.1 Å². The van der Waals surface area contributed by atoms with Crippen LogP contribution in [0.4, 0.5) is 0 Å². The molecule has 1 fully saturated rings. The van der Waals surface area contributed by atoms with E-state index in [4.69, 9.17) is 0 Å². The van der Waals surface area contributed by atoms with Crippen molar-refractivity contribution in [2.24, 2.45) is 11.8 Å². The van der Waals surface area contributed by atoms with Gasteiger partial charge in [-0.15, -0.1) is 0 Å². The lowest BCUT2D eigenvalue weighted by Crippen LogP contribution is -2.37. The number of hydrogen-bond donors (Lipinski definition) is 0. The standard InChI is InChI=1S/C26H25P/c1-4-10-23(11-5-1)27(24-12-6-2-7-13-24,25-14-8-3-9-15-25)26-20-21-16-18-22(26)19-17-21/h1-16,18,21-22H,17,19-20H2/t21-,22+/m1/s1. The van der Waals surface area contributed by atoms with Gasteiger partial charge in [0.15, 0.2) is 0 Å². The highest BCUT2D eigenvalue weighted by Gasteiger charge is 2.37. The molecule has 0 radical (unpaired) electrons. The van der Waals surface area contributed by atoms with Crippen molar-refractivity contribution in [2.45, 2.75) is 19.3 Å². The molecule has 3 aromatic carbocycles. The van der Waals surface area contributed by atoms with Gasteiger partial charge in [0.05, 0.1) is 0 Å². The van der Waals surface area contributed by atoms with Crippen LogP contribution < -0.4 is 15.9 Å². The Labute approximate surface area is 162 Å². The zero-order valence-electron chi connectivity index (χ0n) is 15.5. The van der Waals surface area contributed by atoms with Crippen LogP contribution in [0.1, 0.15) is 19.3 Å². The van der Waals surface area contributed by atoms with Crippen molar-refractivity contribution < 1.29 is 0 Å². The number of rotatable bonds is 3. The Kier molecular flexibility index (Phi) is 4.38. The van der Waals surface area contributed by atoms with E-state index in [0.29, 0.717) is 5.92 Å². The highest BCUT2D eigenvalue weighted by molar-refractivity contribution is 7.95. The summed E-state index contributed by atoms with van der Waals surface area (Å²) in [6.07, 6.45) is 8.89. The van der Waals surface area contributed by atoms with Gasteiger partial charge in [0.25, 0.3) is 0 Å². The lowest BCUT2D eigenvalue weighted by atomic mass is 9.76. The molecule has 3 aliphatic carbocycles. The van der Waals surface area contributed by atoms with Crippen LogP contribution in [-0.2, 0) is 0 Å². The molecule has 0 aliphatic heterocycles. The molecule has 2 atom stereocenters. The van der Waals surface area contributed by atoms with Gasteiger partial charge >= 0.3 is 0 Å². The maximum absolute atomic E-state index is 2.51. The zero-order chi connectivity index (χ0) is 18.1. The molecule has 3 aliphatic rings. The van der Waals surface area contributed by atoms with Gasteiger partial charge in [0.1, 0.15) is 0 Å². The molecule has 0 spiro atoms. The summed E-state index contributed by atoms with van der Waals surface area (Å²) in [6.45, 7) is -1.81. The summed E-state index contributed by atoms with van der Waals surface area (Å²) >= 11 is 0. The van der Waals surface area contributed by atoms with Crippen molar-refractivity contribution in [2.75, 3.05) is 0 Å². The highest BCUT2D eigenvalue weighted by atomic mass is 31.2. The summed E-state index contributed by atoms with van der Waals surface area (Å²) < 4.78 is 0. The third kappa shape index (κ3) is 2.75. The van der Waals surface area contributed by atoms with Crippen LogP contribution in [0.5, 0.6) is 0 Å². The van der Waals surface area contributed by atoms with E-state index in [1.165, 1.54) is 35.2 Å². The topological polar surface area (TPSA) is 0 Å². The Bertz CT molecular complexity index is 896. The first-order valence-electron chi connectivity index (χ1n) is 9.99. The van der Waals surface area contributed by atoms with Gasteiger partial charge in [-0.05, 0) is 53.9 Å². The maximum atomic E-state index is 2.51. The molecule has 0 unspecified atom stereocenters. The molecule has 1 saturated carbocycles. The molecule has 0 nitrogen and oxygen atoms in total. The van der Waals surface area contributed by atoms with Gasteiger partial charge in [-0.1, -0.05) is 108 Å². The molecule has 6 rings (SSSR count). The van der Waals surface area contributed by atoms with Crippen LogP contribution in [0, 0.1) is 11.8 Å². The van der Waals surface area contributed by atoms with Crippen LogP contribution in [0.25, 0.3) is 0 Å². The molecule has 0 amide bonds. The number of benzene rings is 3. The average molecular weight is 368 g/mol. The minimum Gasteiger partial charge on any atom is -0.0845 e. The molecule has 0 aromatic heterocycles. The first kappa shape index (κ1) is 16.8. The van der Waals surface area contributed by atoms with Crippen LogP contribution in [0.2, 0.25) is 0 Å². The van der Waals surface area contributed by atoms with Crippen LogP contribution >= 0.6 is 6.89 Å². The van der Waals surface area contributed by atoms with E-state index >= 15 is 0 Å². The Balaban J connectivity index is 1.94. The molecular weight excluding hydrogens is 343 g/mol. The van der Waals surface area contributed by atoms with Gasteiger partial charge in [0, 0.05) is 0 Å². The molecule has 3 aromatic rings. The van der Waals surface area contributed by atoms with Gasteiger partial charge in [-0.2, -0.15) is 0 Å². The van der Waals surface area contributed by atoms with Crippen molar-refractivity contribution in [3.63, 3.8) is 0 Å². The van der Waals surface area contributed by atoms with Gasteiger partial charge in [-0.25, -0.2) is 0 Å². The smallest absolute Gasteiger partial charge is 0.000928 e. The molecule has 0 saturated heterocycles.